The van der Waals surface area contributed by atoms with E-state index >= 15 is 0 Å². The molecule has 6 atom stereocenters. The Hall–Kier alpha value is -3.53. The largest absolute Gasteiger partial charge is 0.494 e. The maximum Gasteiger partial charge on any atom is 0.248 e. The van der Waals surface area contributed by atoms with E-state index in [0.29, 0.717) is 41.6 Å². The van der Waals surface area contributed by atoms with Crippen LogP contribution in [0.2, 0.25) is 5.02 Å². The molecule has 2 bridgehead atoms. The van der Waals surface area contributed by atoms with Gasteiger partial charge in [-0.15, -0.1) is 11.8 Å². The molecular formula is C33H34ClN3O5S. The summed E-state index contributed by atoms with van der Waals surface area (Å²) in [6.45, 7) is 2.14. The van der Waals surface area contributed by atoms with Crippen LogP contribution in [0.4, 0.5) is 11.4 Å². The van der Waals surface area contributed by atoms with Crippen LogP contribution >= 0.6 is 23.4 Å². The third-order valence-electron chi connectivity index (χ3n) is 8.75. The Bertz CT molecular complexity index is 1490. The molecule has 3 aliphatic heterocycles. The summed E-state index contributed by atoms with van der Waals surface area (Å²) in [4.78, 5) is 44.1. The fraction of sp³-hybridized carbons (Fsp3) is 0.364. The molecule has 3 aromatic rings. The average molecular weight is 620 g/mol. The molecule has 3 aromatic carbocycles. The van der Waals surface area contributed by atoms with Gasteiger partial charge in [-0.05, 0) is 80.3 Å². The first-order chi connectivity index (χ1) is 20.8. The molecule has 6 rings (SSSR count). The lowest BCUT2D eigenvalue weighted by atomic mass is 9.70. The number of nitrogens with one attached hydrogen (secondary N) is 2. The second-order valence-corrected chi connectivity index (χ2v) is 13.3. The van der Waals surface area contributed by atoms with Crippen molar-refractivity contribution in [3.05, 3.63) is 89.4 Å². The van der Waals surface area contributed by atoms with Gasteiger partial charge in [-0.2, -0.15) is 0 Å². The molecule has 3 aliphatic rings. The number of rotatable bonds is 10. The number of halogens is 1. The predicted octanol–water partition coefficient (Wildman–Crippen LogP) is 5.01. The summed E-state index contributed by atoms with van der Waals surface area (Å²) < 4.78 is 4.73. The van der Waals surface area contributed by atoms with Crippen LogP contribution in [0.1, 0.15) is 25.3 Å². The Morgan fingerprint density at radius 1 is 1.02 bits per heavy atom. The van der Waals surface area contributed by atoms with E-state index < -0.39 is 28.7 Å². The summed E-state index contributed by atoms with van der Waals surface area (Å²) in [5, 5.41) is 17.1. The second-order valence-electron chi connectivity index (χ2n) is 11.3. The van der Waals surface area contributed by atoms with Crippen molar-refractivity contribution >= 4 is 52.5 Å². The summed E-state index contributed by atoms with van der Waals surface area (Å²) in [5.74, 6) is -1.41. The first-order valence-corrected chi connectivity index (χ1v) is 15.9. The van der Waals surface area contributed by atoms with Crippen LogP contribution in [0.25, 0.3) is 0 Å². The number of carbonyl (C=O) groups is 3. The van der Waals surface area contributed by atoms with Crippen LogP contribution < -0.4 is 15.4 Å². The number of thioether (sulfide) groups is 1. The van der Waals surface area contributed by atoms with Crippen molar-refractivity contribution in [2.75, 3.05) is 23.8 Å². The number of likely N-dealkylation sites (tertiary alicyclic amines) is 1. The van der Waals surface area contributed by atoms with Gasteiger partial charge in [0, 0.05) is 21.6 Å². The second kappa shape index (κ2) is 12.2. The first-order valence-electron chi connectivity index (χ1n) is 14.6. The summed E-state index contributed by atoms with van der Waals surface area (Å²) in [7, 11) is 0. The average Bonchev–Trinajstić information content (AvgIpc) is 3.66. The SMILES string of the molecule is CCOc1ccc(NC(=O)[C@@H]2[C@H]3C(=O)N([C@@H](CO)Cc4ccccc4)C(C(=O)Nc4ccc(Cl)cc4)C34CC[C@H]2S4)cc1. The highest BCUT2D eigenvalue weighted by Gasteiger charge is 2.74. The third kappa shape index (κ3) is 5.50. The van der Waals surface area contributed by atoms with Crippen molar-refractivity contribution in [2.24, 2.45) is 11.8 Å². The fourth-order valence-corrected chi connectivity index (χ4v) is 9.32. The standard InChI is InChI=1S/C33H34ClN3O5S/c1-2-42-25-14-12-23(13-15-25)35-30(39)27-26-16-17-33(43-26)28(27)32(41)37(24(19-38)18-20-6-4-3-5-7-20)29(33)31(40)36-22-10-8-21(34)9-11-22/h3-15,24,26-29,38H,2,16-19H2,1H3,(H,35,39)(H,36,40)/t24-,26-,27+,28+,29?,33?/m1/s1. The highest BCUT2D eigenvalue weighted by molar-refractivity contribution is 8.02. The number of nitrogens with zero attached hydrogens (tertiary/aromatic N) is 1. The van der Waals surface area contributed by atoms with Gasteiger partial charge >= 0.3 is 0 Å². The Morgan fingerprint density at radius 3 is 2.33 bits per heavy atom. The number of benzene rings is 3. The number of aliphatic hydroxyl groups is 1. The topological polar surface area (TPSA) is 108 Å². The maximum absolute atomic E-state index is 14.5. The Morgan fingerprint density at radius 2 is 1.67 bits per heavy atom. The van der Waals surface area contributed by atoms with E-state index in [1.54, 1.807) is 65.2 Å². The zero-order chi connectivity index (χ0) is 30.1. The Labute approximate surface area is 260 Å². The van der Waals surface area contributed by atoms with Gasteiger partial charge in [0.1, 0.15) is 11.8 Å². The van der Waals surface area contributed by atoms with Gasteiger partial charge in [-0.3, -0.25) is 14.4 Å². The van der Waals surface area contributed by atoms with Crippen molar-refractivity contribution < 1.29 is 24.2 Å². The number of hydrogen-bond donors (Lipinski definition) is 3. The van der Waals surface area contributed by atoms with E-state index in [1.807, 2.05) is 37.3 Å². The molecule has 3 fully saturated rings. The minimum atomic E-state index is -0.861. The van der Waals surface area contributed by atoms with E-state index in [9.17, 15) is 19.5 Å². The Balaban J connectivity index is 1.33. The molecule has 8 nitrogen and oxygen atoms in total. The normalized spacial score (nSPS) is 26.2. The van der Waals surface area contributed by atoms with Gasteiger partial charge in [0.05, 0.1) is 35.8 Å². The van der Waals surface area contributed by atoms with Gasteiger partial charge in [-0.25, -0.2) is 0 Å². The third-order valence-corrected chi connectivity index (χ3v) is 11.0. The number of fused-ring (bicyclic) bond motifs is 1. The van der Waals surface area contributed by atoms with Gasteiger partial charge < -0.3 is 25.4 Å². The van der Waals surface area contributed by atoms with Crippen molar-refractivity contribution in [2.45, 2.75) is 48.3 Å². The molecule has 0 saturated carbocycles. The number of carbonyl (C=O) groups excluding carboxylic acids is 3. The van der Waals surface area contributed by atoms with E-state index in [4.69, 9.17) is 16.3 Å². The minimum Gasteiger partial charge on any atom is -0.494 e. The van der Waals surface area contributed by atoms with Gasteiger partial charge in [-0.1, -0.05) is 41.9 Å². The fourth-order valence-electron chi connectivity index (χ4n) is 6.99. The highest BCUT2D eigenvalue weighted by atomic mass is 35.5. The van der Waals surface area contributed by atoms with Crippen LogP contribution in [-0.2, 0) is 20.8 Å². The molecule has 43 heavy (non-hydrogen) atoms. The summed E-state index contributed by atoms with van der Waals surface area (Å²) in [6.07, 6.45) is 1.73. The number of hydrogen-bond acceptors (Lipinski definition) is 6. The molecule has 3 amide bonds. The minimum absolute atomic E-state index is 0.0914. The molecule has 10 heteroatoms. The molecule has 2 unspecified atom stereocenters. The van der Waals surface area contributed by atoms with Crippen molar-refractivity contribution in [3.8, 4) is 5.75 Å². The van der Waals surface area contributed by atoms with Crippen LogP contribution in [0.3, 0.4) is 0 Å². The lowest BCUT2D eigenvalue weighted by Gasteiger charge is -2.37. The van der Waals surface area contributed by atoms with Crippen LogP contribution in [-0.4, -0.2) is 63.0 Å². The lowest BCUT2D eigenvalue weighted by molar-refractivity contribution is -0.141. The summed E-state index contributed by atoms with van der Waals surface area (Å²) >= 11 is 7.65. The monoisotopic (exact) mass is 619 g/mol. The molecular weight excluding hydrogens is 586 g/mol. The van der Waals surface area contributed by atoms with E-state index in [2.05, 4.69) is 10.6 Å². The summed E-state index contributed by atoms with van der Waals surface area (Å²) in [5.41, 5.74) is 2.13. The summed E-state index contributed by atoms with van der Waals surface area (Å²) in [6, 6.07) is 22.1. The zero-order valence-corrected chi connectivity index (χ0v) is 25.3. The number of aliphatic hydroxyl groups excluding tert-OH is 1. The lowest BCUT2D eigenvalue weighted by Crippen LogP contribution is -2.55. The number of amides is 3. The molecule has 3 N–H and O–H groups in total. The molecule has 1 spiro atoms. The molecule has 0 aliphatic carbocycles. The first kappa shape index (κ1) is 29.5. The van der Waals surface area contributed by atoms with Crippen molar-refractivity contribution in [3.63, 3.8) is 0 Å². The van der Waals surface area contributed by atoms with Gasteiger partial charge in [0.25, 0.3) is 0 Å². The van der Waals surface area contributed by atoms with Crippen LogP contribution in [0, 0.1) is 11.8 Å². The molecule has 3 saturated heterocycles. The van der Waals surface area contributed by atoms with Crippen LogP contribution in [0.5, 0.6) is 5.75 Å². The highest BCUT2D eigenvalue weighted by Crippen LogP contribution is 2.66. The Kier molecular flexibility index (Phi) is 8.40. The maximum atomic E-state index is 14.5. The van der Waals surface area contributed by atoms with Crippen molar-refractivity contribution in [1.29, 1.82) is 0 Å². The van der Waals surface area contributed by atoms with Crippen LogP contribution in [0.15, 0.2) is 78.9 Å². The molecule has 0 aromatic heterocycles. The number of anilines is 2. The molecule has 224 valence electrons. The van der Waals surface area contributed by atoms with Gasteiger partial charge in [0.15, 0.2) is 0 Å². The van der Waals surface area contributed by atoms with E-state index in [0.717, 1.165) is 12.0 Å². The van der Waals surface area contributed by atoms with E-state index in [1.165, 1.54) is 0 Å². The van der Waals surface area contributed by atoms with Gasteiger partial charge in [0.2, 0.25) is 17.7 Å². The van der Waals surface area contributed by atoms with Crippen molar-refractivity contribution in [1.82, 2.24) is 4.90 Å². The van der Waals surface area contributed by atoms with E-state index in [-0.39, 0.29) is 29.6 Å². The quantitative estimate of drug-likeness (QED) is 0.294. The smallest absolute Gasteiger partial charge is 0.248 e. The molecule has 0 radical (unpaired) electrons. The molecule has 3 heterocycles. The predicted molar refractivity (Wildman–Crippen MR) is 168 cm³/mol. The number of ether oxygens (including phenoxy) is 1. The zero-order valence-electron chi connectivity index (χ0n) is 23.7.